The van der Waals surface area contributed by atoms with E-state index in [1.807, 2.05) is 47.8 Å². The number of para-hydroxylation sites is 4. The molecular formula is C18H14N8S. The van der Waals surface area contributed by atoms with E-state index >= 15 is 0 Å². The maximum absolute atomic E-state index is 4.73. The molecule has 9 heteroatoms. The van der Waals surface area contributed by atoms with E-state index in [9.17, 15) is 0 Å². The molecular weight excluding hydrogens is 360 g/mol. The Morgan fingerprint density at radius 3 is 2.67 bits per heavy atom. The summed E-state index contributed by atoms with van der Waals surface area (Å²) in [5, 5.41) is 14.2. The van der Waals surface area contributed by atoms with Gasteiger partial charge < -0.3 is 9.55 Å². The third-order valence-corrected chi connectivity index (χ3v) is 5.68. The topological polar surface area (TPSA) is 81.1 Å². The zero-order valence-electron chi connectivity index (χ0n) is 14.4. The average Bonchev–Trinajstić information content (AvgIpc) is 3.42. The Morgan fingerprint density at radius 2 is 1.78 bits per heavy atom. The van der Waals surface area contributed by atoms with Crippen molar-refractivity contribution in [2.24, 2.45) is 7.05 Å². The van der Waals surface area contributed by atoms with Gasteiger partial charge in [0, 0.05) is 7.05 Å². The van der Waals surface area contributed by atoms with E-state index in [-0.39, 0.29) is 0 Å². The van der Waals surface area contributed by atoms with Crippen molar-refractivity contribution in [3.63, 3.8) is 0 Å². The van der Waals surface area contributed by atoms with Crippen LogP contribution < -0.4 is 0 Å². The van der Waals surface area contributed by atoms with Gasteiger partial charge in [-0.15, -0.1) is 15.3 Å². The minimum atomic E-state index is 0.671. The molecule has 0 unspecified atom stereocenters. The molecule has 27 heavy (non-hydrogen) atoms. The van der Waals surface area contributed by atoms with Crippen LogP contribution in [0.4, 0.5) is 0 Å². The minimum Gasteiger partial charge on any atom is -0.341 e. The highest BCUT2D eigenvalue weighted by Gasteiger charge is 2.18. The Morgan fingerprint density at radius 1 is 0.963 bits per heavy atom. The maximum Gasteiger partial charge on any atom is 0.260 e. The largest absolute Gasteiger partial charge is 0.341 e. The van der Waals surface area contributed by atoms with Gasteiger partial charge in [0.05, 0.1) is 27.8 Å². The van der Waals surface area contributed by atoms with Crippen LogP contribution in [-0.4, -0.2) is 38.7 Å². The quantitative estimate of drug-likeness (QED) is 0.482. The van der Waals surface area contributed by atoms with Gasteiger partial charge in [0.25, 0.3) is 5.78 Å². The van der Waals surface area contributed by atoms with Crippen LogP contribution in [0.5, 0.6) is 0 Å². The number of aryl methyl sites for hydroxylation is 1. The van der Waals surface area contributed by atoms with Gasteiger partial charge in [-0.05, 0) is 24.3 Å². The molecule has 6 rings (SSSR count). The number of aromatic amines is 1. The van der Waals surface area contributed by atoms with Crippen molar-refractivity contribution < 1.29 is 0 Å². The Hall–Kier alpha value is -3.33. The third-order valence-electron chi connectivity index (χ3n) is 4.75. The maximum atomic E-state index is 4.73. The summed E-state index contributed by atoms with van der Waals surface area (Å²) in [6, 6.07) is 16.2. The Balaban J connectivity index is 1.42. The lowest BCUT2D eigenvalue weighted by atomic mass is 10.3. The van der Waals surface area contributed by atoms with Crippen LogP contribution in [0.15, 0.2) is 53.7 Å². The van der Waals surface area contributed by atoms with Crippen molar-refractivity contribution in [2.45, 2.75) is 10.9 Å². The van der Waals surface area contributed by atoms with Gasteiger partial charge >= 0.3 is 0 Å². The first kappa shape index (κ1) is 14.8. The third kappa shape index (κ3) is 2.05. The zero-order valence-corrected chi connectivity index (χ0v) is 15.2. The molecule has 0 fully saturated rings. The molecule has 0 bridgehead atoms. The van der Waals surface area contributed by atoms with Crippen LogP contribution in [0.1, 0.15) is 5.82 Å². The van der Waals surface area contributed by atoms with Gasteiger partial charge in [0.1, 0.15) is 5.82 Å². The summed E-state index contributed by atoms with van der Waals surface area (Å²) in [4.78, 5) is 7.96. The summed E-state index contributed by atoms with van der Waals surface area (Å²) in [5.74, 6) is 3.14. The number of nitrogens with zero attached hydrogens (tertiary/aromatic N) is 7. The first-order valence-corrected chi connectivity index (χ1v) is 9.52. The number of benzene rings is 2. The van der Waals surface area contributed by atoms with Gasteiger partial charge in [-0.2, -0.15) is 4.52 Å². The van der Waals surface area contributed by atoms with E-state index in [0.717, 1.165) is 38.8 Å². The molecule has 1 N–H and O–H groups in total. The van der Waals surface area contributed by atoms with Crippen molar-refractivity contribution in [3.8, 4) is 0 Å². The van der Waals surface area contributed by atoms with Crippen LogP contribution in [0.2, 0.25) is 0 Å². The lowest BCUT2D eigenvalue weighted by Crippen LogP contribution is -1.93. The molecule has 132 valence electrons. The standard InChI is InChI=1S/C18H14N8S/c1-24-13-8-4-5-9-14(13)25-16-21-22-18(26(16)23-17(24)25)27-10-15-19-11-6-2-3-7-12(11)20-15/h2-9H,10H2,1H3,(H,19,20). The highest BCUT2D eigenvalue weighted by molar-refractivity contribution is 7.98. The molecule has 0 aliphatic carbocycles. The molecule has 0 amide bonds. The highest BCUT2D eigenvalue weighted by atomic mass is 32.2. The first-order valence-electron chi connectivity index (χ1n) is 8.53. The van der Waals surface area contributed by atoms with Crippen LogP contribution >= 0.6 is 11.8 Å². The van der Waals surface area contributed by atoms with Crippen LogP contribution in [0.25, 0.3) is 33.6 Å². The molecule has 0 saturated heterocycles. The highest BCUT2D eigenvalue weighted by Crippen LogP contribution is 2.25. The first-order chi connectivity index (χ1) is 13.3. The molecule has 6 aromatic rings. The van der Waals surface area contributed by atoms with Crippen molar-refractivity contribution >= 4 is 45.4 Å². The summed E-state index contributed by atoms with van der Waals surface area (Å²) in [6.45, 7) is 0. The van der Waals surface area contributed by atoms with Gasteiger partial charge in [-0.1, -0.05) is 36.0 Å². The van der Waals surface area contributed by atoms with E-state index in [1.54, 1.807) is 16.3 Å². The number of hydrogen-bond donors (Lipinski definition) is 1. The van der Waals surface area contributed by atoms with Gasteiger partial charge in [-0.25, -0.2) is 9.38 Å². The Kier molecular flexibility index (Phi) is 2.92. The number of thioether (sulfide) groups is 1. The zero-order chi connectivity index (χ0) is 18.0. The smallest absolute Gasteiger partial charge is 0.260 e. The second-order valence-electron chi connectivity index (χ2n) is 6.37. The SMILES string of the molecule is Cn1c2ccccc2n2c1nn1c(SCc3nc4ccccc4[nH]3)nnc12. The Labute approximate surface area is 156 Å². The minimum absolute atomic E-state index is 0.671. The fraction of sp³-hybridized carbons (Fsp3) is 0.111. The second-order valence-corrected chi connectivity index (χ2v) is 7.31. The van der Waals surface area contributed by atoms with E-state index in [0.29, 0.717) is 11.5 Å². The molecule has 0 aliphatic heterocycles. The van der Waals surface area contributed by atoms with Crippen LogP contribution in [0, 0.1) is 0 Å². The number of hydrogen-bond acceptors (Lipinski definition) is 5. The van der Waals surface area contributed by atoms with Gasteiger partial charge in [0.2, 0.25) is 10.9 Å². The van der Waals surface area contributed by atoms with E-state index in [2.05, 4.69) is 36.9 Å². The summed E-state index contributed by atoms with van der Waals surface area (Å²) in [5.41, 5.74) is 4.19. The number of nitrogens with one attached hydrogen (secondary N) is 1. The van der Waals surface area contributed by atoms with Crippen molar-refractivity contribution in [2.75, 3.05) is 0 Å². The van der Waals surface area contributed by atoms with Crippen LogP contribution in [0.3, 0.4) is 0 Å². The van der Waals surface area contributed by atoms with Gasteiger partial charge in [-0.3, -0.25) is 0 Å². The lowest BCUT2D eigenvalue weighted by molar-refractivity contribution is 0.815. The van der Waals surface area contributed by atoms with Crippen molar-refractivity contribution in [3.05, 3.63) is 54.4 Å². The monoisotopic (exact) mass is 374 g/mol. The summed E-state index contributed by atoms with van der Waals surface area (Å²) >= 11 is 1.57. The number of fused-ring (bicyclic) bond motifs is 6. The summed E-state index contributed by atoms with van der Waals surface area (Å²) in [6.07, 6.45) is 0. The lowest BCUT2D eigenvalue weighted by Gasteiger charge is -1.95. The predicted molar refractivity (Wildman–Crippen MR) is 104 cm³/mol. The van der Waals surface area contributed by atoms with E-state index in [4.69, 9.17) is 5.10 Å². The molecule has 0 radical (unpaired) electrons. The normalized spacial score (nSPS) is 12.2. The molecule has 2 aromatic carbocycles. The number of H-pyrrole nitrogens is 1. The molecule has 0 aliphatic rings. The molecule has 4 aromatic heterocycles. The fourth-order valence-corrected chi connectivity index (χ4v) is 4.23. The number of aromatic nitrogens is 8. The predicted octanol–water partition coefficient (Wildman–Crippen LogP) is 3.04. The van der Waals surface area contributed by atoms with E-state index in [1.165, 1.54) is 0 Å². The molecule has 4 heterocycles. The average molecular weight is 374 g/mol. The molecule has 8 nitrogen and oxygen atoms in total. The van der Waals surface area contributed by atoms with E-state index < -0.39 is 0 Å². The Bertz CT molecular complexity index is 1420. The number of imidazole rings is 2. The second kappa shape index (κ2) is 5.34. The van der Waals surface area contributed by atoms with Crippen molar-refractivity contribution in [1.29, 1.82) is 0 Å². The molecule has 0 spiro atoms. The summed E-state index contributed by atoms with van der Waals surface area (Å²) in [7, 11) is 2.01. The fourth-order valence-electron chi connectivity index (χ4n) is 3.48. The van der Waals surface area contributed by atoms with Crippen molar-refractivity contribution in [1.82, 2.24) is 38.7 Å². The van der Waals surface area contributed by atoms with Crippen LogP contribution in [-0.2, 0) is 12.8 Å². The van der Waals surface area contributed by atoms with Gasteiger partial charge in [0.15, 0.2) is 0 Å². The molecule has 0 atom stereocenters. The summed E-state index contributed by atoms with van der Waals surface area (Å²) < 4.78 is 5.90. The number of rotatable bonds is 3. The molecule has 0 saturated carbocycles.